The third-order valence-corrected chi connectivity index (χ3v) is 7.34. The number of rotatable bonds is 9. The lowest BCUT2D eigenvalue weighted by Gasteiger charge is -2.21. The summed E-state index contributed by atoms with van der Waals surface area (Å²) >= 11 is 0. The average Bonchev–Trinajstić information content (AvgIpc) is 2.86. The van der Waals surface area contributed by atoms with Crippen LogP contribution in [-0.4, -0.2) is 51.8 Å². The van der Waals surface area contributed by atoms with Gasteiger partial charge in [0.1, 0.15) is 5.75 Å². The van der Waals surface area contributed by atoms with Gasteiger partial charge in [-0.05, 0) is 61.6 Å². The first-order valence-electron chi connectivity index (χ1n) is 11.8. The van der Waals surface area contributed by atoms with E-state index in [0.29, 0.717) is 34.3 Å². The van der Waals surface area contributed by atoms with Crippen molar-refractivity contribution < 1.29 is 31.1 Å². The fourth-order valence-electron chi connectivity index (χ4n) is 3.97. The molecule has 2 aromatic carbocycles. The number of hydrogen-bond acceptors (Lipinski definition) is 7. The molecule has 1 heterocycles. The SMILES string of the molecule is CNC(=O)c1cc(OC)c(Nc2ncc(C(F)(F)F)c(CCc3ccc(C)cc3N(C)S(C)(=O)=O)n2)cc1C. The van der Waals surface area contributed by atoms with Crippen molar-refractivity contribution in [2.24, 2.45) is 0 Å². The number of benzene rings is 2. The van der Waals surface area contributed by atoms with Crippen LogP contribution < -0.4 is 19.7 Å². The van der Waals surface area contributed by atoms with Crippen LogP contribution in [0, 0.1) is 13.8 Å². The van der Waals surface area contributed by atoms with Crippen LogP contribution in [0.5, 0.6) is 5.75 Å². The standard InChI is InChI=1S/C26H30F3N5O4S/c1-15-7-8-17(22(11-15)34(4)39(6,36)37)9-10-20-19(26(27,28)29)14-31-25(32-20)33-21-12-16(2)18(24(35)30-3)13-23(21)38-5/h7-8,11-14H,9-10H2,1-6H3,(H,30,35)(H,31,32,33). The van der Waals surface area contributed by atoms with Crippen molar-refractivity contribution in [3.63, 3.8) is 0 Å². The van der Waals surface area contributed by atoms with E-state index in [9.17, 15) is 26.4 Å². The van der Waals surface area contributed by atoms with Crippen molar-refractivity contribution in [2.75, 3.05) is 37.1 Å². The summed E-state index contributed by atoms with van der Waals surface area (Å²) in [4.78, 5) is 20.1. The van der Waals surface area contributed by atoms with Crippen LogP contribution in [0.2, 0.25) is 0 Å². The number of aryl methyl sites for hydroxylation is 4. The second kappa shape index (κ2) is 11.5. The highest BCUT2D eigenvalue weighted by Gasteiger charge is 2.35. The maximum Gasteiger partial charge on any atom is 0.419 e. The number of amides is 1. The van der Waals surface area contributed by atoms with Gasteiger partial charge in [-0.15, -0.1) is 0 Å². The van der Waals surface area contributed by atoms with E-state index < -0.39 is 21.8 Å². The van der Waals surface area contributed by atoms with Crippen molar-refractivity contribution in [1.82, 2.24) is 15.3 Å². The van der Waals surface area contributed by atoms with Crippen LogP contribution in [0.4, 0.5) is 30.5 Å². The number of alkyl halides is 3. The second-order valence-corrected chi connectivity index (χ2v) is 11.0. The molecule has 13 heteroatoms. The third kappa shape index (κ3) is 6.96. The molecule has 0 spiro atoms. The molecular formula is C26H30F3N5O4S. The molecule has 0 aliphatic carbocycles. The highest BCUT2D eigenvalue weighted by molar-refractivity contribution is 7.92. The molecule has 0 fully saturated rings. The Hall–Kier alpha value is -3.87. The number of methoxy groups -OCH3 is 1. The van der Waals surface area contributed by atoms with Gasteiger partial charge in [-0.2, -0.15) is 13.2 Å². The van der Waals surface area contributed by atoms with Gasteiger partial charge in [0.2, 0.25) is 16.0 Å². The van der Waals surface area contributed by atoms with Crippen molar-refractivity contribution in [3.05, 3.63) is 70.0 Å². The topological polar surface area (TPSA) is 114 Å². The number of nitrogens with one attached hydrogen (secondary N) is 2. The minimum Gasteiger partial charge on any atom is -0.495 e. The normalized spacial score (nSPS) is 11.7. The Morgan fingerprint density at radius 3 is 2.41 bits per heavy atom. The van der Waals surface area contributed by atoms with Crippen LogP contribution in [0.25, 0.3) is 0 Å². The number of nitrogens with zero attached hydrogens (tertiary/aromatic N) is 3. The van der Waals surface area contributed by atoms with Gasteiger partial charge in [0, 0.05) is 25.9 Å². The van der Waals surface area contributed by atoms with Gasteiger partial charge in [-0.1, -0.05) is 12.1 Å². The predicted octanol–water partition coefficient (Wildman–Crippen LogP) is 4.41. The summed E-state index contributed by atoms with van der Waals surface area (Å²) in [6, 6.07) is 8.26. The number of sulfonamides is 1. The Kier molecular flexibility index (Phi) is 8.74. The Labute approximate surface area is 225 Å². The molecular weight excluding hydrogens is 535 g/mol. The molecule has 0 aliphatic rings. The molecule has 0 bridgehead atoms. The lowest BCUT2D eigenvalue weighted by molar-refractivity contribution is -0.138. The first kappa shape index (κ1) is 29.7. The molecule has 1 aromatic heterocycles. The van der Waals surface area contributed by atoms with Gasteiger partial charge in [0.15, 0.2) is 0 Å². The zero-order chi connectivity index (χ0) is 29.1. The molecule has 0 unspecified atom stereocenters. The van der Waals surface area contributed by atoms with E-state index in [-0.39, 0.29) is 36.1 Å². The van der Waals surface area contributed by atoms with Crippen molar-refractivity contribution in [1.29, 1.82) is 0 Å². The fourth-order valence-corrected chi connectivity index (χ4v) is 4.50. The smallest absolute Gasteiger partial charge is 0.419 e. The number of halogens is 3. The maximum absolute atomic E-state index is 13.8. The molecule has 1 amide bonds. The second-order valence-electron chi connectivity index (χ2n) is 8.99. The fraction of sp³-hybridized carbons (Fsp3) is 0.346. The molecule has 210 valence electrons. The van der Waals surface area contributed by atoms with E-state index in [1.807, 2.05) is 0 Å². The molecule has 0 saturated carbocycles. The van der Waals surface area contributed by atoms with Gasteiger partial charge in [0.05, 0.1) is 36.0 Å². The number of carbonyl (C=O) groups excluding carboxylic acids is 1. The number of aromatic nitrogens is 2. The Morgan fingerprint density at radius 1 is 1.13 bits per heavy atom. The van der Waals surface area contributed by atoms with E-state index in [1.165, 1.54) is 27.3 Å². The van der Waals surface area contributed by atoms with Crippen molar-refractivity contribution >= 4 is 33.3 Å². The van der Waals surface area contributed by atoms with E-state index in [2.05, 4.69) is 20.6 Å². The zero-order valence-electron chi connectivity index (χ0n) is 22.4. The van der Waals surface area contributed by atoms with Gasteiger partial charge >= 0.3 is 6.18 Å². The molecule has 39 heavy (non-hydrogen) atoms. The Bertz CT molecular complexity index is 1490. The summed E-state index contributed by atoms with van der Waals surface area (Å²) in [5.41, 5.74) is 1.84. The molecule has 0 atom stereocenters. The predicted molar refractivity (Wildman–Crippen MR) is 143 cm³/mol. The number of anilines is 3. The molecule has 3 rings (SSSR count). The van der Waals surface area contributed by atoms with Gasteiger partial charge in [-0.3, -0.25) is 9.10 Å². The highest BCUT2D eigenvalue weighted by Crippen LogP contribution is 2.34. The van der Waals surface area contributed by atoms with E-state index in [0.717, 1.165) is 16.1 Å². The van der Waals surface area contributed by atoms with Gasteiger partial charge < -0.3 is 15.4 Å². The van der Waals surface area contributed by atoms with E-state index in [4.69, 9.17) is 4.74 Å². The van der Waals surface area contributed by atoms with Crippen LogP contribution in [-0.2, 0) is 29.0 Å². The summed E-state index contributed by atoms with van der Waals surface area (Å²) in [6.07, 6.45) is -2.97. The zero-order valence-corrected chi connectivity index (χ0v) is 23.2. The molecule has 9 nitrogen and oxygen atoms in total. The lowest BCUT2D eigenvalue weighted by atomic mass is 10.0. The number of carbonyl (C=O) groups is 1. The molecule has 2 N–H and O–H groups in total. The highest BCUT2D eigenvalue weighted by atomic mass is 32.2. The maximum atomic E-state index is 13.8. The van der Waals surface area contributed by atoms with E-state index >= 15 is 0 Å². The molecule has 0 saturated heterocycles. The monoisotopic (exact) mass is 565 g/mol. The van der Waals surface area contributed by atoms with Crippen molar-refractivity contribution in [3.8, 4) is 5.75 Å². The summed E-state index contributed by atoms with van der Waals surface area (Å²) < 4.78 is 72.2. The van der Waals surface area contributed by atoms with E-state index in [1.54, 1.807) is 38.1 Å². The van der Waals surface area contributed by atoms with Crippen LogP contribution in [0.3, 0.4) is 0 Å². The minimum atomic E-state index is -4.70. The Balaban J connectivity index is 1.99. The molecule has 3 aromatic rings. The number of hydrogen-bond donors (Lipinski definition) is 2. The first-order valence-corrected chi connectivity index (χ1v) is 13.6. The van der Waals surface area contributed by atoms with Crippen LogP contribution in [0.15, 0.2) is 36.5 Å². The molecule has 0 aliphatic heterocycles. The van der Waals surface area contributed by atoms with Gasteiger partial charge in [0.25, 0.3) is 5.91 Å². The minimum absolute atomic E-state index is 0.0955. The summed E-state index contributed by atoms with van der Waals surface area (Å²) in [5.74, 6) is -0.138. The quantitative estimate of drug-likeness (QED) is 0.395. The van der Waals surface area contributed by atoms with Crippen molar-refractivity contribution in [2.45, 2.75) is 32.9 Å². The Morgan fingerprint density at radius 2 is 1.82 bits per heavy atom. The molecule has 0 radical (unpaired) electrons. The average molecular weight is 566 g/mol. The third-order valence-electron chi connectivity index (χ3n) is 6.15. The summed E-state index contributed by atoms with van der Waals surface area (Å²) in [6.45, 7) is 3.51. The largest absolute Gasteiger partial charge is 0.495 e. The summed E-state index contributed by atoms with van der Waals surface area (Å²) in [5, 5.41) is 5.43. The van der Waals surface area contributed by atoms with Gasteiger partial charge in [-0.25, -0.2) is 18.4 Å². The number of ether oxygens (including phenoxy) is 1. The first-order chi connectivity index (χ1) is 18.1. The van der Waals surface area contributed by atoms with Crippen LogP contribution in [0.1, 0.15) is 38.3 Å². The summed E-state index contributed by atoms with van der Waals surface area (Å²) in [7, 11) is 0.699. The van der Waals surface area contributed by atoms with Crippen LogP contribution >= 0.6 is 0 Å². The lowest BCUT2D eigenvalue weighted by Crippen LogP contribution is -2.26.